The molecule has 2 atom stereocenters. The molecule has 0 saturated heterocycles. The molecule has 4 heteroatoms. The second kappa shape index (κ2) is 6.55. The Labute approximate surface area is 112 Å². The molecule has 1 aliphatic heterocycles. The first kappa shape index (κ1) is 13.8. The monoisotopic (exact) mass is 269 g/mol. The van der Waals surface area contributed by atoms with Crippen LogP contribution in [0.3, 0.4) is 0 Å². The predicted molar refractivity (Wildman–Crippen MR) is 73.4 cm³/mol. The largest absolute Gasteiger partial charge is 0.396 e. The molecule has 0 aliphatic carbocycles. The zero-order valence-electron chi connectivity index (χ0n) is 10.7. The number of halogens is 1. The quantitative estimate of drug-likeness (QED) is 0.861. The fraction of sp³-hybridized carbons (Fsp3) is 0.571. The summed E-state index contributed by atoms with van der Waals surface area (Å²) in [7, 11) is 0. The van der Waals surface area contributed by atoms with E-state index in [0.29, 0.717) is 6.04 Å². The van der Waals surface area contributed by atoms with Crippen LogP contribution in [-0.2, 0) is 0 Å². The topological polar surface area (TPSA) is 32.3 Å². The summed E-state index contributed by atoms with van der Waals surface area (Å²) in [5.41, 5.74) is 1.07. The summed E-state index contributed by atoms with van der Waals surface area (Å²) in [6, 6.07) is 5.84. The summed E-state index contributed by atoms with van der Waals surface area (Å²) in [5.74, 6) is 0.834. The van der Waals surface area contributed by atoms with Gasteiger partial charge in [0.25, 0.3) is 0 Å². The number of hydrogen-bond acceptors (Lipinski definition) is 3. The third-order valence-corrected chi connectivity index (χ3v) is 4.59. The standard InChI is InChI=1S/C14H20FNOS/c1-2-10(6-8-17)16-13-7-9-18-14-11(13)4-3-5-12(14)15/h3-5,10,13,16-17H,2,6-9H2,1H3. The first-order chi connectivity index (χ1) is 8.76. The van der Waals surface area contributed by atoms with E-state index in [0.717, 1.165) is 35.5 Å². The van der Waals surface area contributed by atoms with Gasteiger partial charge in [-0.1, -0.05) is 19.1 Å². The number of rotatable bonds is 5. The van der Waals surface area contributed by atoms with Gasteiger partial charge < -0.3 is 10.4 Å². The summed E-state index contributed by atoms with van der Waals surface area (Å²) in [6.45, 7) is 2.31. The Morgan fingerprint density at radius 2 is 2.39 bits per heavy atom. The molecule has 0 saturated carbocycles. The molecule has 100 valence electrons. The summed E-state index contributed by atoms with van der Waals surface area (Å²) in [4.78, 5) is 0.792. The van der Waals surface area contributed by atoms with Gasteiger partial charge in [-0.2, -0.15) is 0 Å². The second-order valence-corrected chi connectivity index (χ2v) is 5.74. The van der Waals surface area contributed by atoms with Crippen LogP contribution in [0.25, 0.3) is 0 Å². The van der Waals surface area contributed by atoms with E-state index in [2.05, 4.69) is 12.2 Å². The highest BCUT2D eigenvalue weighted by atomic mass is 32.2. The lowest BCUT2D eigenvalue weighted by atomic mass is 10.0. The number of thioether (sulfide) groups is 1. The molecule has 2 unspecified atom stereocenters. The minimum absolute atomic E-state index is 0.112. The van der Waals surface area contributed by atoms with Crippen LogP contribution in [0.15, 0.2) is 23.1 Å². The molecule has 2 nitrogen and oxygen atoms in total. The van der Waals surface area contributed by atoms with Crippen molar-refractivity contribution >= 4 is 11.8 Å². The van der Waals surface area contributed by atoms with E-state index in [1.807, 2.05) is 6.07 Å². The lowest BCUT2D eigenvalue weighted by molar-refractivity contribution is 0.254. The molecule has 1 aromatic rings. The van der Waals surface area contributed by atoms with E-state index in [-0.39, 0.29) is 18.5 Å². The van der Waals surface area contributed by atoms with E-state index in [1.54, 1.807) is 17.8 Å². The van der Waals surface area contributed by atoms with Gasteiger partial charge in [0.1, 0.15) is 5.82 Å². The lowest BCUT2D eigenvalue weighted by Gasteiger charge is -2.30. The number of benzene rings is 1. The Morgan fingerprint density at radius 1 is 1.56 bits per heavy atom. The molecule has 1 heterocycles. The fourth-order valence-electron chi connectivity index (χ4n) is 2.41. The fourth-order valence-corrected chi connectivity index (χ4v) is 3.55. The van der Waals surface area contributed by atoms with Gasteiger partial charge in [0.05, 0.1) is 0 Å². The average molecular weight is 269 g/mol. The molecule has 2 rings (SSSR count). The Bertz CT molecular complexity index is 399. The van der Waals surface area contributed by atoms with Crippen LogP contribution < -0.4 is 5.32 Å². The van der Waals surface area contributed by atoms with Crippen LogP contribution in [0.1, 0.15) is 37.8 Å². The summed E-state index contributed by atoms with van der Waals surface area (Å²) >= 11 is 1.60. The van der Waals surface area contributed by atoms with E-state index in [1.165, 1.54) is 6.07 Å². The third-order valence-electron chi connectivity index (χ3n) is 3.43. The van der Waals surface area contributed by atoms with Crippen LogP contribution in [0.4, 0.5) is 4.39 Å². The normalized spacial score (nSPS) is 20.5. The Morgan fingerprint density at radius 3 is 3.11 bits per heavy atom. The van der Waals surface area contributed by atoms with Crippen molar-refractivity contribution in [3.05, 3.63) is 29.6 Å². The molecule has 0 spiro atoms. The highest BCUT2D eigenvalue weighted by Gasteiger charge is 2.24. The number of hydrogen-bond donors (Lipinski definition) is 2. The first-order valence-corrected chi connectivity index (χ1v) is 7.53. The van der Waals surface area contributed by atoms with Gasteiger partial charge in [-0.25, -0.2) is 4.39 Å². The molecule has 18 heavy (non-hydrogen) atoms. The minimum atomic E-state index is -0.112. The maximum atomic E-state index is 13.7. The smallest absolute Gasteiger partial charge is 0.137 e. The molecule has 2 N–H and O–H groups in total. The molecule has 0 amide bonds. The molecule has 0 radical (unpaired) electrons. The Hall–Kier alpha value is -0.580. The third kappa shape index (κ3) is 3.05. The van der Waals surface area contributed by atoms with Gasteiger partial charge in [-0.05, 0) is 36.6 Å². The molecular weight excluding hydrogens is 249 g/mol. The summed E-state index contributed by atoms with van der Waals surface area (Å²) in [5, 5.41) is 12.6. The number of fused-ring (bicyclic) bond motifs is 1. The highest BCUT2D eigenvalue weighted by Crippen LogP contribution is 2.38. The molecule has 1 aromatic carbocycles. The SMILES string of the molecule is CCC(CCO)NC1CCSc2c(F)cccc21. The Balaban J connectivity index is 2.14. The summed E-state index contributed by atoms with van der Waals surface area (Å²) < 4.78 is 13.7. The van der Waals surface area contributed by atoms with Crippen LogP contribution in [0, 0.1) is 5.82 Å². The van der Waals surface area contributed by atoms with Crippen molar-refractivity contribution in [2.24, 2.45) is 0 Å². The van der Waals surface area contributed by atoms with Crippen LogP contribution in [0.5, 0.6) is 0 Å². The Kier molecular flexibility index (Phi) is 5.03. The van der Waals surface area contributed by atoms with Gasteiger partial charge in [0.15, 0.2) is 0 Å². The maximum Gasteiger partial charge on any atom is 0.137 e. The number of aliphatic hydroxyl groups is 1. The van der Waals surface area contributed by atoms with Gasteiger partial charge in [-0.15, -0.1) is 11.8 Å². The molecule has 0 fully saturated rings. The predicted octanol–water partition coefficient (Wildman–Crippen LogP) is 3.11. The molecule has 1 aliphatic rings. The first-order valence-electron chi connectivity index (χ1n) is 6.54. The van der Waals surface area contributed by atoms with Crippen molar-refractivity contribution < 1.29 is 9.50 Å². The van der Waals surface area contributed by atoms with Crippen LogP contribution >= 0.6 is 11.8 Å². The van der Waals surface area contributed by atoms with Crippen LogP contribution in [0.2, 0.25) is 0 Å². The number of aliphatic hydroxyl groups excluding tert-OH is 1. The highest BCUT2D eigenvalue weighted by molar-refractivity contribution is 7.99. The van der Waals surface area contributed by atoms with Crippen molar-refractivity contribution in [3.63, 3.8) is 0 Å². The summed E-state index contributed by atoms with van der Waals surface area (Å²) in [6.07, 6.45) is 2.75. The van der Waals surface area contributed by atoms with Gasteiger partial charge in [-0.3, -0.25) is 0 Å². The zero-order valence-corrected chi connectivity index (χ0v) is 11.5. The van der Waals surface area contributed by atoms with E-state index in [9.17, 15) is 4.39 Å². The van der Waals surface area contributed by atoms with E-state index in [4.69, 9.17) is 5.11 Å². The lowest BCUT2D eigenvalue weighted by Crippen LogP contribution is -2.34. The van der Waals surface area contributed by atoms with Gasteiger partial charge >= 0.3 is 0 Å². The minimum Gasteiger partial charge on any atom is -0.396 e. The van der Waals surface area contributed by atoms with Crippen molar-refractivity contribution in [1.29, 1.82) is 0 Å². The number of nitrogens with one attached hydrogen (secondary N) is 1. The second-order valence-electron chi connectivity index (χ2n) is 4.63. The van der Waals surface area contributed by atoms with Crippen molar-refractivity contribution in [3.8, 4) is 0 Å². The van der Waals surface area contributed by atoms with Crippen molar-refractivity contribution in [2.75, 3.05) is 12.4 Å². The van der Waals surface area contributed by atoms with Crippen LogP contribution in [-0.4, -0.2) is 23.5 Å². The average Bonchev–Trinajstić information content (AvgIpc) is 2.39. The van der Waals surface area contributed by atoms with Crippen molar-refractivity contribution in [1.82, 2.24) is 5.32 Å². The van der Waals surface area contributed by atoms with Gasteiger partial charge in [0, 0.05) is 23.6 Å². The molecule has 0 bridgehead atoms. The molecular formula is C14H20FNOS. The molecule has 0 aromatic heterocycles. The van der Waals surface area contributed by atoms with Crippen molar-refractivity contribution in [2.45, 2.75) is 43.2 Å². The zero-order chi connectivity index (χ0) is 13.0. The maximum absolute atomic E-state index is 13.7. The van der Waals surface area contributed by atoms with E-state index >= 15 is 0 Å². The van der Waals surface area contributed by atoms with Gasteiger partial charge in [0.2, 0.25) is 0 Å². The van der Waals surface area contributed by atoms with E-state index < -0.39 is 0 Å².